The number of nitrogens with zero attached hydrogens (tertiary/aromatic N) is 2. The summed E-state index contributed by atoms with van der Waals surface area (Å²) in [5, 5.41) is 2.81. The molecule has 2 aliphatic heterocycles. The molecule has 0 saturated carbocycles. The van der Waals surface area contributed by atoms with E-state index in [1.54, 1.807) is 20.8 Å². The molecule has 2 heterocycles. The number of amides is 2. The fraction of sp³-hybridized carbons (Fsp3) is 0.423. The van der Waals surface area contributed by atoms with Crippen LogP contribution in [0.5, 0.6) is 5.75 Å². The second kappa shape index (κ2) is 11.1. The van der Waals surface area contributed by atoms with Gasteiger partial charge in [0, 0.05) is 23.9 Å². The van der Waals surface area contributed by atoms with Crippen LogP contribution in [-0.2, 0) is 26.0 Å². The number of anilines is 1. The number of hydrogen-bond acceptors (Lipinski definition) is 7. The number of carbonyl (C=O) groups is 2. The maximum absolute atomic E-state index is 12.6. The van der Waals surface area contributed by atoms with Gasteiger partial charge >= 0.3 is 6.09 Å². The van der Waals surface area contributed by atoms with Crippen LogP contribution in [0.1, 0.15) is 32.8 Å². The molecule has 0 aromatic heterocycles. The van der Waals surface area contributed by atoms with E-state index in [9.17, 15) is 18.0 Å². The summed E-state index contributed by atoms with van der Waals surface area (Å²) in [5.74, 6) is 0.321. The standard InChI is InChI=1S/C26H31N3O6S2/c1-26(2,3)35-25(31)27-14-13-23(30)28-24-29(21-16-37(32,33)17-22(21)36-24)19-9-11-20(12-10-19)34-15-18-7-5-4-6-8-18/h4-12,21-22H,13-17H2,1-3H3,(H,27,31)/t21-,22-/m1/s1. The first-order chi connectivity index (χ1) is 17.5. The highest BCUT2D eigenvalue weighted by molar-refractivity contribution is 8.16. The molecule has 37 heavy (non-hydrogen) atoms. The van der Waals surface area contributed by atoms with E-state index in [1.165, 1.54) is 11.8 Å². The monoisotopic (exact) mass is 545 g/mol. The fourth-order valence-corrected chi connectivity index (χ4v) is 7.99. The van der Waals surface area contributed by atoms with Gasteiger partial charge in [0.2, 0.25) is 5.91 Å². The topological polar surface area (TPSA) is 114 Å². The Bertz CT molecular complexity index is 1260. The summed E-state index contributed by atoms with van der Waals surface area (Å²) in [6.07, 6.45) is -0.601. The normalized spacial score (nSPS) is 21.5. The van der Waals surface area contributed by atoms with Gasteiger partial charge in [0.1, 0.15) is 18.0 Å². The Balaban J connectivity index is 1.44. The molecule has 2 saturated heterocycles. The van der Waals surface area contributed by atoms with Crippen LogP contribution in [0.2, 0.25) is 0 Å². The number of sulfone groups is 1. The summed E-state index contributed by atoms with van der Waals surface area (Å²) < 4.78 is 35.7. The van der Waals surface area contributed by atoms with E-state index in [0.29, 0.717) is 17.5 Å². The van der Waals surface area contributed by atoms with E-state index in [4.69, 9.17) is 9.47 Å². The Morgan fingerprint density at radius 1 is 1.08 bits per heavy atom. The lowest BCUT2D eigenvalue weighted by Gasteiger charge is -2.24. The number of thioether (sulfide) groups is 1. The second-order valence-electron chi connectivity index (χ2n) is 9.91. The molecule has 0 aliphatic carbocycles. The van der Waals surface area contributed by atoms with Crippen molar-refractivity contribution in [2.45, 2.75) is 50.7 Å². The van der Waals surface area contributed by atoms with E-state index in [-0.39, 0.29) is 35.8 Å². The molecule has 2 aliphatic rings. The number of alkyl carbamates (subject to hydrolysis) is 1. The SMILES string of the molecule is CC(C)(C)OC(=O)NCCC(=O)N=C1S[C@@H]2CS(=O)(=O)C[C@H]2N1c1ccc(OCc2ccccc2)cc1. The van der Waals surface area contributed by atoms with Gasteiger partial charge in [-0.1, -0.05) is 42.1 Å². The van der Waals surface area contributed by atoms with Crippen molar-refractivity contribution in [2.75, 3.05) is 23.0 Å². The molecule has 2 amide bonds. The number of fused-ring (bicyclic) bond motifs is 1. The third-order valence-corrected chi connectivity index (χ3v) is 8.87. The van der Waals surface area contributed by atoms with E-state index in [1.807, 2.05) is 59.5 Å². The zero-order chi connectivity index (χ0) is 26.6. The molecular weight excluding hydrogens is 514 g/mol. The average molecular weight is 546 g/mol. The number of amidine groups is 1. The van der Waals surface area contributed by atoms with Crippen molar-refractivity contribution in [1.82, 2.24) is 5.32 Å². The first-order valence-electron chi connectivity index (χ1n) is 12.0. The maximum atomic E-state index is 12.6. The lowest BCUT2D eigenvalue weighted by atomic mass is 10.2. The Kier molecular flexibility index (Phi) is 8.13. The highest BCUT2D eigenvalue weighted by Crippen LogP contribution is 2.41. The predicted octanol–water partition coefficient (Wildman–Crippen LogP) is 3.78. The van der Waals surface area contributed by atoms with Crippen molar-refractivity contribution in [3.05, 3.63) is 60.2 Å². The van der Waals surface area contributed by atoms with Gasteiger partial charge in [-0.15, -0.1) is 0 Å². The Labute approximate surface area is 221 Å². The average Bonchev–Trinajstić information content (AvgIpc) is 3.28. The Morgan fingerprint density at radius 2 is 1.78 bits per heavy atom. The first-order valence-corrected chi connectivity index (χ1v) is 14.7. The minimum atomic E-state index is -3.17. The molecule has 2 atom stereocenters. The molecule has 0 radical (unpaired) electrons. The molecule has 2 aromatic carbocycles. The molecule has 0 spiro atoms. The summed E-state index contributed by atoms with van der Waals surface area (Å²) in [6.45, 7) is 5.79. The van der Waals surface area contributed by atoms with Crippen LogP contribution in [0.3, 0.4) is 0 Å². The highest BCUT2D eigenvalue weighted by atomic mass is 32.2. The molecule has 0 unspecified atom stereocenters. The van der Waals surface area contributed by atoms with Gasteiger partial charge in [-0.3, -0.25) is 4.79 Å². The van der Waals surface area contributed by atoms with Crippen LogP contribution < -0.4 is 15.0 Å². The van der Waals surface area contributed by atoms with Crippen LogP contribution in [-0.4, -0.2) is 60.5 Å². The second-order valence-corrected chi connectivity index (χ2v) is 13.3. The van der Waals surface area contributed by atoms with E-state index in [2.05, 4.69) is 10.3 Å². The number of ether oxygens (including phenoxy) is 2. The molecule has 1 N–H and O–H groups in total. The summed E-state index contributed by atoms with van der Waals surface area (Å²) in [5.41, 5.74) is 1.16. The van der Waals surface area contributed by atoms with Crippen LogP contribution >= 0.6 is 11.8 Å². The minimum Gasteiger partial charge on any atom is -0.489 e. The molecule has 0 bridgehead atoms. The number of hydrogen-bond donors (Lipinski definition) is 1. The van der Waals surface area contributed by atoms with Crippen molar-refractivity contribution >= 4 is 44.5 Å². The Hall–Kier alpha value is -3.05. The maximum Gasteiger partial charge on any atom is 0.407 e. The lowest BCUT2D eigenvalue weighted by Crippen LogP contribution is -2.37. The van der Waals surface area contributed by atoms with Gasteiger partial charge in [0.05, 0.1) is 17.5 Å². The zero-order valence-corrected chi connectivity index (χ0v) is 22.7. The first kappa shape index (κ1) is 27.0. The summed E-state index contributed by atoms with van der Waals surface area (Å²) in [7, 11) is -3.17. The third kappa shape index (κ3) is 7.48. The smallest absolute Gasteiger partial charge is 0.407 e. The van der Waals surface area contributed by atoms with Gasteiger partial charge in [-0.2, -0.15) is 4.99 Å². The van der Waals surface area contributed by atoms with Gasteiger partial charge in [0.25, 0.3) is 0 Å². The van der Waals surface area contributed by atoms with Gasteiger partial charge in [-0.25, -0.2) is 13.2 Å². The molecule has 11 heteroatoms. The molecule has 198 valence electrons. The third-order valence-electron chi connectivity index (χ3n) is 5.66. The molecule has 2 fully saturated rings. The molecule has 2 aromatic rings. The molecular formula is C26H31N3O6S2. The molecule has 4 rings (SSSR count). The van der Waals surface area contributed by atoms with E-state index in [0.717, 1.165) is 11.3 Å². The summed E-state index contributed by atoms with van der Waals surface area (Å²) in [4.78, 5) is 30.5. The van der Waals surface area contributed by atoms with Gasteiger partial charge < -0.3 is 19.7 Å². The zero-order valence-electron chi connectivity index (χ0n) is 21.0. The largest absolute Gasteiger partial charge is 0.489 e. The number of carbonyl (C=O) groups excluding carboxylic acids is 2. The molecule has 9 nitrogen and oxygen atoms in total. The predicted molar refractivity (Wildman–Crippen MR) is 145 cm³/mol. The van der Waals surface area contributed by atoms with E-state index >= 15 is 0 Å². The number of aliphatic imine (C=N–C) groups is 1. The van der Waals surface area contributed by atoms with Crippen molar-refractivity contribution in [2.24, 2.45) is 4.99 Å². The van der Waals surface area contributed by atoms with E-state index < -0.39 is 27.4 Å². The lowest BCUT2D eigenvalue weighted by molar-refractivity contribution is -0.117. The van der Waals surface area contributed by atoms with Crippen LogP contribution in [0.25, 0.3) is 0 Å². The quantitative estimate of drug-likeness (QED) is 0.559. The summed E-state index contributed by atoms with van der Waals surface area (Å²) in [6, 6.07) is 16.9. The van der Waals surface area contributed by atoms with Crippen molar-refractivity contribution in [3.8, 4) is 5.75 Å². The van der Waals surface area contributed by atoms with Crippen molar-refractivity contribution < 1.29 is 27.5 Å². The Morgan fingerprint density at radius 3 is 2.46 bits per heavy atom. The number of rotatable bonds is 7. The van der Waals surface area contributed by atoms with Gasteiger partial charge in [-0.05, 0) is 50.6 Å². The van der Waals surface area contributed by atoms with Crippen LogP contribution in [0.4, 0.5) is 10.5 Å². The summed E-state index contributed by atoms with van der Waals surface area (Å²) >= 11 is 1.31. The van der Waals surface area contributed by atoms with Crippen LogP contribution in [0.15, 0.2) is 59.6 Å². The number of nitrogens with one attached hydrogen (secondary N) is 1. The van der Waals surface area contributed by atoms with Crippen LogP contribution in [0, 0.1) is 0 Å². The number of benzene rings is 2. The fourth-order valence-electron chi connectivity index (χ4n) is 4.06. The minimum absolute atomic E-state index is 0.00294. The van der Waals surface area contributed by atoms with Crippen molar-refractivity contribution in [1.29, 1.82) is 0 Å². The highest BCUT2D eigenvalue weighted by Gasteiger charge is 2.49. The van der Waals surface area contributed by atoms with Gasteiger partial charge in [0.15, 0.2) is 15.0 Å². The van der Waals surface area contributed by atoms with Crippen molar-refractivity contribution in [3.63, 3.8) is 0 Å².